The number of anilines is 1. The van der Waals surface area contributed by atoms with Crippen LogP contribution in [0.4, 0.5) is 10.1 Å². The van der Waals surface area contributed by atoms with E-state index in [1.807, 2.05) is 19.9 Å². The third kappa shape index (κ3) is 2.38. The minimum absolute atomic E-state index is 0. The number of hydrogen-bond acceptors (Lipinski definition) is 1. The first-order valence-electron chi connectivity index (χ1n) is 3.66. The summed E-state index contributed by atoms with van der Waals surface area (Å²) in [6.45, 7) is 4.04. The molecular weight excluding hydrogens is 177 g/mol. The maximum absolute atomic E-state index is 12.8. The third-order valence-corrected chi connectivity index (χ3v) is 1.69. The Morgan fingerprint density at radius 2 is 1.92 bits per heavy atom. The molecule has 0 spiro atoms. The molecule has 0 unspecified atom stereocenters. The van der Waals surface area contributed by atoms with Gasteiger partial charge in [0.2, 0.25) is 0 Å². The highest BCUT2D eigenvalue weighted by atomic mass is 35.5. The highest BCUT2D eigenvalue weighted by Gasteiger charge is 2.02. The fourth-order valence-corrected chi connectivity index (χ4v) is 0.903. The molecule has 0 aromatic heterocycles. The van der Waals surface area contributed by atoms with Crippen molar-refractivity contribution < 1.29 is 4.39 Å². The van der Waals surface area contributed by atoms with Gasteiger partial charge in [-0.05, 0) is 23.6 Å². The van der Waals surface area contributed by atoms with Crippen molar-refractivity contribution >= 4 is 18.1 Å². The molecule has 1 rings (SSSR count). The molecule has 1 aromatic rings. The summed E-state index contributed by atoms with van der Waals surface area (Å²) in [4.78, 5) is 0. The van der Waals surface area contributed by atoms with Gasteiger partial charge in [-0.3, -0.25) is 0 Å². The molecule has 0 saturated carbocycles. The van der Waals surface area contributed by atoms with Crippen LogP contribution in [0, 0.1) is 5.82 Å². The smallest absolute Gasteiger partial charge is 0.146 e. The van der Waals surface area contributed by atoms with Crippen molar-refractivity contribution in [2.45, 2.75) is 19.8 Å². The zero-order chi connectivity index (χ0) is 8.43. The Hall–Kier alpha value is -0.760. The second-order valence-corrected chi connectivity index (χ2v) is 2.94. The lowest BCUT2D eigenvalue weighted by Crippen LogP contribution is -1.93. The number of halogens is 2. The highest BCUT2D eigenvalue weighted by Crippen LogP contribution is 2.18. The van der Waals surface area contributed by atoms with Crippen LogP contribution in [0.5, 0.6) is 0 Å². The Bertz CT molecular complexity index is 261. The van der Waals surface area contributed by atoms with Crippen molar-refractivity contribution in [1.82, 2.24) is 0 Å². The van der Waals surface area contributed by atoms with Crippen LogP contribution in [0.2, 0.25) is 0 Å². The van der Waals surface area contributed by atoms with Gasteiger partial charge in [0.1, 0.15) is 5.82 Å². The number of nitrogen functional groups attached to an aromatic ring is 1. The maximum Gasteiger partial charge on any atom is 0.146 e. The SMILES string of the molecule is CC(C)c1ccc(N)c(F)c1.Cl. The first kappa shape index (κ1) is 11.2. The quantitative estimate of drug-likeness (QED) is 0.676. The van der Waals surface area contributed by atoms with Crippen LogP contribution in [0.25, 0.3) is 0 Å². The van der Waals surface area contributed by atoms with Crippen molar-refractivity contribution in [1.29, 1.82) is 0 Å². The normalized spacial score (nSPS) is 9.67. The van der Waals surface area contributed by atoms with Gasteiger partial charge in [0.25, 0.3) is 0 Å². The van der Waals surface area contributed by atoms with E-state index in [0.29, 0.717) is 5.92 Å². The number of hydrogen-bond donors (Lipinski definition) is 1. The average Bonchev–Trinajstić information content (AvgIpc) is 1.94. The maximum atomic E-state index is 12.8. The van der Waals surface area contributed by atoms with Crippen LogP contribution in [-0.4, -0.2) is 0 Å². The van der Waals surface area contributed by atoms with E-state index in [1.165, 1.54) is 6.07 Å². The Morgan fingerprint density at radius 3 is 2.33 bits per heavy atom. The number of rotatable bonds is 1. The van der Waals surface area contributed by atoms with Gasteiger partial charge < -0.3 is 5.73 Å². The molecule has 0 saturated heterocycles. The second-order valence-electron chi connectivity index (χ2n) is 2.94. The minimum Gasteiger partial charge on any atom is -0.396 e. The molecule has 0 fully saturated rings. The first-order chi connectivity index (χ1) is 5.11. The lowest BCUT2D eigenvalue weighted by Gasteiger charge is -2.05. The summed E-state index contributed by atoms with van der Waals surface area (Å²) in [5.41, 5.74) is 6.51. The van der Waals surface area contributed by atoms with Gasteiger partial charge in [-0.25, -0.2) is 4.39 Å². The zero-order valence-electron chi connectivity index (χ0n) is 7.17. The van der Waals surface area contributed by atoms with Gasteiger partial charge in [0.15, 0.2) is 0 Å². The van der Waals surface area contributed by atoms with Crippen LogP contribution in [0.3, 0.4) is 0 Å². The Morgan fingerprint density at radius 1 is 1.33 bits per heavy atom. The first-order valence-corrected chi connectivity index (χ1v) is 3.66. The minimum atomic E-state index is -0.323. The summed E-state index contributed by atoms with van der Waals surface area (Å²) in [5.74, 6) is 0.0290. The number of benzene rings is 1. The van der Waals surface area contributed by atoms with Gasteiger partial charge in [0, 0.05) is 0 Å². The molecule has 0 radical (unpaired) electrons. The summed E-state index contributed by atoms with van der Waals surface area (Å²) < 4.78 is 12.8. The predicted molar refractivity (Wildman–Crippen MR) is 52.1 cm³/mol. The molecule has 0 atom stereocenters. The van der Waals surface area contributed by atoms with Crippen molar-refractivity contribution in [3.63, 3.8) is 0 Å². The van der Waals surface area contributed by atoms with Crippen LogP contribution >= 0.6 is 12.4 Å². The second kappa shape index (κ2) is 4.31. The molecule has 1 nitrogen and oxygen atoms in total. The molecule has 0 amide bonds. The lowest BCUT2D eigenvalue weighted by molar-refractivity contribution is 0.628. The topological polar surface area (TPSA) is 26.0 Å². The summed E-state index contributed by atoms with van der Waals surface area (Å²) in [6.07, 6.45) is 0. The molecule has 12 heavy (non-hydrogen) atoms. The van der Waals surface area contributed by atoms with Gasteiger partial charge in [0.05, 0.1) is 5.69 Å². The Kier molecular flexibility index (Phi) is 4.04. The predicted octanol–water partition coefficient (Wildman–Crippen LogP) is 2.95. The molecule has 1 aromatic carbocycles. The van der Waals surface area contributed by atoms with E-state index in [2.05, 4.69) is 0 Å². The van der Waals surface area contributed by atoms with Crippen molar-refractivity contribution in [2.75, 3.05) is 5.73 Å². The van der Waals surface area contributed by atoms with E-state index in [9.17, 15) is 4.39 Å². The summed E-state index contributed by atoms with van der Waals surface area (Å²) >= 11 is 0. The van der Waals surface area contributed by atoms with Crippen molar-refractivity contribution in [3.05, 3.63) is 29.6 Å². The Balaban J connectivity index is 0.00000121. The molecule has 3 heteroatoms. The van der Waals surface area contributed by atoms with E-state index in [1.54, 1.807) is 6.07 Å². The summed E-state index contributed by atoms with van der Waals surface area (Å²) in [5, 5.41) is 0. The summed E-state index contributed by atoms with van der Waals surface area (Å²) in [6, 6.07) is 4.94. The fourth-order valence-electron chi connectivity index (χ4n) is 0.903. The lowest BCUT2D eigenvalue weighted by atomic mass is 10.0. The third-order valence-electron chi connectivity index (χ3n) is 1.69. The van der Waals surface area contributed by atoms with E-state index in [-0.39, 0.29) is 23.9 Å². The van der Waals surface area contributed by atoms with Gasteiger partial charge in [-0.2, -0.15) is 0 Å². The summed E-state index contributed by atoms with van der Waals surface area (Å²) in [7, 11) is 0. The zero-order valence-corrected chi connectivity index (χ0v) is 7.99. The standard InChI is InChI=1S/C9H12FN.ClH/c1-6(2)7-3-4-9(11)8(10)5-7;/h3-6H,11H2,1-2H3;1H. The van der Waals surface area contributed by atoms with Crippen LogP contribution in [0.1, 0.15) is 25.3 Å². The van der Waals surface area contributed by atoms with Crippen molar-refractivity contribution in [3.8, 4) is 0 Å². The van der Waals surface area contributed by atoms with E-state index in [4.69, 9.17) is 5.73 Å². The van der Waals surface area contributed by atoms with Crippen molar-refractivity contribution in [2.24, 2.45) is 0 Å². The van der Waals surface area contributed by atoms with Crippen LogP contribution in [-0.2, 0) is 0 Å². The van der Waals surface area contributed by atoms with Gasteiger partial charge in [-0.15, -0.1) is 12.4 Å². The van der Waals surface area contributed by atoms with Gasteiger partial charge >= 0.3 is 0 Å². The largest absolute Gasteiger partial charge is 0.396 e. The molecule has 2 N–H and O–H groups in total. The van der Waals surface area contributed by atoms with E-state index in [0.717, 1.165) is 5.56 Å². The Labute approximate surface area is 78.2 Å². The molecular formula is C9H13ClFN. The average molecular weight is 190 g/mol. The molecule has 0 aliphatic carbocycles. The number of nitrogens with two attached hydrogens (primary N) is 1. The molecule has 0 aliphatic rings. The molecule has 0 aliphatic heterocycles. The highest BCUT2D eigenvalue weighted by molar-refractivity contribution is 5.85. The van der Waals surface area contributed by atoms with E-state index < -0.39 is 0 Å². The molecule has 68 valence electrons. The fraction of sp³-hybridized carbons (Fsp3) is 0.333. The molecule has 0 bridgehead atoms. The van der Waals surface area contributed by atoms with Crippen LogP contribution in [0.15, 0.2) is 18.2 Å². The van der Waals surface area contributed by atoms with E-state index >= 15 is 0 Å². The monoisotopic (exact) mass is 189 g/mol. The van der Waals surface area contributed by atoms with Crippen LogP contribution < -0.4 is 5.73 Å². The van der Waals surface area contributed by atoms with Gasteiger partial charge in [-0.1, -0.05) is 19.9 Å². The molecule has 0 heterocycles.